The first-order valence-electron chi connectivity index (χ1n) is 8.10. The summed E-state index contributed by atoms with van der Waals surface area (Å²) in [5.74, 6) is -1.53. The second kappa shape index (κ2) is 7.42. The summed E-state index contributed by atoms with van der Waals surface area (Å²) in [4.78, 5) is 26.2. The molecule has 2 aromatic rings. The Balaban J connectivity index is 1.59. The van der Waals surface area contributed by atoms with Gasteiger partial charge in [0, 0.05) is 18.2 Å². The minimum absolute atomic E-state index is 0.156. The number of halogens is 2. The van der Waals surface area contributed by atoms with E-state index in [-0.39, 0.29) is 29.9 Å². The summed E-state index contributed by atoms with van der Waals surface area (Å²) in [5.41, 5.74) is 1.00. The molecule has 0 bridgehead atoms. The van der Waals surface area contributed by atoms with Gasteiger partial charge in [-0.1, -0.05) is 18.2 Å². The van der Waals surface area contributed by atoms with Crippen molar-refractivity contribution in [1.82, 2.24) is 10.2 Å². The Morgan fingerprint density at radius 2 is 1.76 bits per heavy atom. The first-order chi connectivity index (χ1) is 12.0. The summed E-state index contributed by atoms with van der Waals surface area (Å²) in [5, 5.41) is 2.53. The summed E-state index contributed by atoms with van der Waals surface area (Å²) in [6, 6.07) is 11.5. The molecule has 0 saturated heterocycles. The van der Waals surface area contributed by atoms with Gasteiger partial charge in [-0.25, -0.2) is 8.78 Å². The Hall–Kier alpha value is -2.76. The predicted octanol–water partition coefficient (Wildman–Crippen LogP) is 2.89. The van der Waals surface area contributed by atoms with Crippen LogP contribution in [0.1, 0.15) is 28.8 Å². The first-order valence-corrected chi connectivity index (χ1v) is 8.10. The van der Waals surface area contributed by atoms with Crippen LogP contribution >= 0.6 is 0 Å². The normalized spacial score (nSPS) is 13.4. The third kappa shape index (κ3) is 4.62. The fraction of sp³-hybridized carbons (Fsp3) is 0.263. The number of carbonyl (C=O) groups is 2. The van der Waals surface area contributed by atoms with Crippen molar-refractivity contribution in [2.24, 2.45) is 0 Å². The molecule has 1 aliphatic rings. The standard InChI is InChI=1S/C19H18F2N2O2/c20-15-6-4-13(5-7-15)12-23(17-8-9-17)18(24)11-22-19(25)14-2-1-3-16(21)10-14/h1-7,10,17H,8-9,11-12H2,(H,22,25). The van der Waals surface area contributed by atoms with Gasteiger partial charge in [0.2, 0.25) is 5.91 Å². The minimum atomic E-state index is -0.505. The number of nitrogens with one attached hydrogen (secondary N) is 1. The van der Waals surface area contributed by atoms with Crippen LogP contribution in [-0.4, -0.2) is 29.3 Å². The van der Waals surface area contributed by atoms with Gasteiger partial charge in [-0.3, -0.25) is 9.59 Å². The highest BCUT2D eigenvalue weighted by Gasteiger charge is 2.32. The molecule has 0 heterocycles. The van der Waals surface area contributed by atoms with Crippen LogP contribution in [0, 0.1) is 11.6 Å². The van der Waals surface area contributed by atoms with E-state index in [4.69, 9.17) is 0 Å². The van der Waals surface area contributed by atoms with E-state index in [0.717, 1.165) is 24.5 Å². The van der Waals surface area contributed by atoms with E-state index in [1.54, 1.807) is 17.0 Å². The summed E-state index contributed by atoms with van der Waals surface area (Å²) in [7, 11) is 0. The molecule has 1 N–H and O–H groups in total. The van der Waals surface area contributed by atoms with Crippen LogP contribution in [0.5, 0.6) is 0 Å². The largest absolute Gasteiger partial charge is 0.343 e. The maximum atomic E-state index is 13.2. The molecule has 130 valence electrons. The second-order valence-corrected chi connectivity index (χ2v) is 6.07. The number of amides is 2. The van der Waals surface area contributed by atoms with Gasteiger partial charge in [0.25, 0.3) is 5.91 Å². The molecule has 0 radical (unpaired) electrons. The zero-order valence-electron chi connectivity index (χ0n) is 13.5. The van der Waals surface area contributed by atoms with Crippen LogP contribution in [0.25, 0.3) is 0 Å². The Kier molecular flexibility index (Phi) is 5.07. The second-order valence-electron chi connectivity index (χ2n) is 6.07. The fourth-order valence-electron chi connectivity index (χ4n) is 2.58. The minimum Gasteiger partial charge on any atom is -0.343 e. The first kappa shape index (κ1) is 17.1. The van der Waals surface area contributed by atoms with E-state index in [1.807, 2.05) is 0 Å². The Bertz CT molecular complexity index is 773. The number of hydrogen-bond acceptors (Lipinski definition) is 2. The van der Waals surface area contributed by atoms with Crippen molar-refractivity contribution in [3.05, 3.63) is 71.3 Å². The summed E-state index contributed by atoms with van der Waals surface area (Å²) < 4.78 is 26.2. The average molecular weight is 344 g/mol. The van der Waals surface area contributed by atoms with Gasteiger partial charge in [-0.05, 0) is 48.7 Å². The zero-order chi connectivity index (χ0) is 17.8. The molecule has 0 spiro atoms. The third-order valence-corrected chi connectivity index (χ3v) is 4.06. The molecule has 1 saturated carbocycles. The number of carbonyl (C=O) groups excluding carboxylic acids is 2. The van der Waals surface area contributed by atoms with Gasteiger partial charge in [0.1, 0.15) is 11.6 Å². The van der Waals surface area contributed by atoms with Crippen molar-refractivity contribution in [2.45, 2.75) is 25.4 Å². The lowest BCUT2D eigenvalue weighted by Gasteiger charge is -2.23. The van der Waals surface area contributed by atoms with Crippen molar-refractivity contribution >= 4 is 11.8 Å². The smallest absolute Gasteiger partial charge is 0.251 e. The van der Waals surface area contributed by atoms with Crippen molar-refractivity contribution in [3.8, 4) is 0 Å². The molecule has 0 unspecified atom stereocenters. The lowest BCUT2D eigenvalue weighted by atomic mass is 10.2. The van der Waals surface area contributed by atoms with Gasteiger partial charge < -0.3 is 10.2 Å². The maximum absolute atomic E-state index is 13.2. The third-order valence-electron chi connectivity index (χ3n) is 4.06. The SMILES string of the molecule is O=C(NCC(=O)N(Cc1ccc(F)cc1)C1CC1)c1cccc(F)c1. The summed E-state index contributed by atoms with van der Waals surface area (Å²) in [6.07, 6.45) is 1.84. The van der Waals surface area contributed by atoms with Crippen molar-refractivity contribution in [2.75, 3.05) is 6.54 Å². The molecular weight excluding hydrogens is 326 g/mol. The Morgan fingerprint density at radius 1 is 1.04 bits per heavy atom. The summed E-state index contributed by atoms with van der Waals surface area (Å²) in [6.45, 7) is 0.215. The molecular formula is C19H18F2N2O2. The molecule has 0 aromatic heterocycles. The quantitative estimate of drug-likeness (QED) is 0.876. The topological polar surface area (TPSA) is 49.4 Å². The molecule has 2 aromatic carbocycles. The molecule has 0 atom stereocenters. The molecule has 1 aliphatic carbocycles. The van der Waals surface area contributed by atoms with Crippen LogP contribution < -0.4 is 5.32 Å². The Morgan fingerprint density at radius 3 is 2.40 bits per heavy atom. The van der Waals surface area contributed by atoms with Crippen molar-refractivity contribution in [3.63, 3.8) is 0 Å². The molecule has 2 amide bonds. The van der Waals surface area contributed by atoms with E-state index in [1.165, 1.54) is 30.3 Å². The highest BCUT2D eigenvalue weighted by Crippen LogP contribution is 2.28. The number of nitrogens with zero attached hydrogens (tertiary/aromatic N) is 1. The predicted molar refractivity (Wildman–Crippen MR) is 88.7 cm³/mol. The molecule has 1 fully saturated rings. The van der Waals surface area contributed by atoms with E-state index in [2.05, 4.69) is 5.32 Å². The molecule has 25 heavy (non-hydrogen) atoms. The van der Waals surface area contributed by atoms with Crippen LogP contribution in [0.4, 0.5) is 8.78 Å². The van der Waals surface area contributed by atoms with Crippen molar-refractivity contribution < 1.29 is 18.4 Å². The molecule has 4 nitrogen and oxygen atoms in total. The van der Waals surface area contributed by atoms with Gasteiger partial charge in [0.05, 0.1) is 6.54 Å². The number of benzene rings is 2. The average Bonchev–Trinajstić information content (AvgIpc) is 3.43. The van der Waals surface area contributed by atoms with Gasteiger partial charge >= 0.3 is 0 Å². The van der Waals surface area contributed by atoms with Crippen molar-refractivity contribution in [1.29, 1.82) is 0 Å². The zero-order valence-corrected chi connectivity index (χ0v) is 13.5. The molecule has 3 rings (SSSR count). The van der Waals surface area contributed by atoms with E-state index in [0.29, 0.717) is 6.54 Å². The van der Waals surface area contributed by atoms with Crippen LogP contribution in [0.15, 0.2) is 48.5 Å². The van der Waals surface area contributed by atoms with Gasteiger partial charge in [0.15, 0.2) is 0 Å². The highest BCUT2D eigenvalue weighted by molar-refractivity contribution is 5.96. The monoisotopic (exact) mass is 344 g/mol. The number of rotatable bonds is 6. The van der Waals surface area contributed by atoms with Crippen LogP contribution in [-0.2, 0) is 11.3 Å². The van der Waals surface area contributed by atoms with E-state index in [9.17, 15) is 18.4 Å². The van der Waals surface area contributed by atoms with Crippen LogP contribution in [0.3, 0.4) is 0 Å². The molecule has 6 heteroatoms. The highest BCUT2D eigenvalue weighted by atomic mass is 19.1. The number of hydrogen-bond donors (Lipinski definition) is 1. The maximum Gasteiger partial charge on any atom is 0.251 e. The Labute approximate surface area is 144 Å². The lowest BCUT2D eigenvalue weighted by Crippen LogP contribution is -2.41. The van der Waals surface area contributed by atoms with E-state index >= 15 is 0 Å². The lowest BCUT2D eigenvalue weighted by molar-refractivity contribution is -0.131. The van der Waals surface area contributed by atoms with Gasteiger partial charge in [-0.2, -0.15) is 0 Å². The molecule has 0 aliphatic heterocycles. The van der Waals surface area contributed by atoms with Crippen LogP contribution in [0.2, 0.25) is 0 Å². The fourth-order valence-corrected chi connectivity index (χ4v) is 2.58. The summed E-state index contributed by atoms with van der Waals surface area (Å²) >= 11 is 0. The van der Waals surface area contributed by atoms with E-state index < -0.39 is 11.7 Å². The van der Waals surface area contributed by atoms with Gasteiger partial charge in [-0.15, -0.1) is 0 Å².